The van der Waals surface area contributed by atoms with Crippen molar-refractivity contribution in [1.82, 2.24) is 19.7 Å². The van der Waals surface area contributed by atoms with Crippen LogP contribution >= 0.6 is 0 Å². The number of carbonyl (C=O) groups excluding carboxylic acids is 1. The van der Waals surface area contributed by atoms with Crippen molar-refractivity contribution >= 4 is 16.9 Å². The molecule has 0 aliphatic heterocycles. The van der Waals surface area contributed by atoms with Gasteiger partial charge in [0.05, 0.1) is 6.20 Å². The molecule has 4 rings (SSSR count). The molecule has 1 N–H and O–H groups in total. The summed E-state index contributed by atoms with van der Waals surface area (Å²) in [5.41, 5.74) is -0.132. The number of fused-ring (bicyclic) bond motifs is 1. The molecule has 33 heavy (non-hydrogen) atoms. The summed E-state index contributed by atoms with van der Waals surface area (Å²) in [6, 6.07) is 7.33. The molecule has 0 spiro atoms. The highest BCUT2D eigenvalue weighted by Crippen LogP contribution is 2.28. The Balaban J connectivity index is 1.95. The van der Waals surface area contributed by atoms with Crippen molar-refractivity contribution in [2.24, 2.45) is 7.05 Å². The Hall–Kier alpha value is -3.88. The minimum Gasteiger partial charge on any atom is -0.350 e. The lowest BCUT2D eigenvalue weighted by atomic mass is 9.97. The number of hydrogen-bond donors (Lipinski definition) is 1. The van der Waals surface area contributed by atoms with E-state index < -0.39 is 34.6 Å². The third kappa shape index (κ3) is 3.79. The normalized spacial score (nSPS) is 11.4. The Bertz CT molecular complexity index is 1450. The van der Waals surface area contributed by atoms with Gasteiger partial charge in [-0.05, 0) is 62.2 Å². The van der Waals surface area contributed by atoms with Crippen molar-refractivity contribution in [2.75, 3.05) is 0 Å². The van der Waals surface area contributed by atoms with Crippen LogP contribution in [0.25, 0.3) is 27.8 Å². The number of amides is 1. The van der Waals surface area contributed by atoms with E-state index in [0.29, 0.717) is 5.39 Å². The Labute approximate surface area is 187 Å². The third-order valence-corrected chi connectivity index (χ3v) is 5.39. The van der Waals surface area contributed by atoms with Gasteiger partial charge >= 0.3 is 0 Å². The molecule has 0 unspecified atom stereocenters. The summed E-state index contributed by atoms with van der Waals surface area (Å²) >= 11 is 0. The molecule has 0 radical (unpaired) electrons. The van der Waals surface area contributed by atoms with Gasteiger partial charge in [-0.15, -0.1) is 0 Å². The fourth-order valence-corrected chi connectivity index (χ4v) is 3.77. The van der Waals surface area contributed by atoms with Crippen LogP contribution < -0.4 is 10.9 Å². The first kappa shape index (κ1) is 22.3. The van der Waals surface area contributed by atoms with Crippen LogP contribution in [0, 0.1) is 24.4 Å². The van der Waals surface area contributed by atoms with Crippen molar-refractivity contribution in [1.29, 1.82) is 0 Å². The van der Waals surface area contributed by atoms with Crippen LogP contribution in [0.4, 0.5) is 13.2 Å². The lowest BCUT2D eigenvalue weighted by molar-refractivity contribution is 0.0942. The average Bonchev–Trinajstić information content (AvgIpc) is 3.16. The Morgan fingerprint density at radius 1 is 1.03 bits per heavy atom. The number of benzene rings is 2. The van der Waals surface area contributed by atoms with Gasteiger partial charge in [0.25, 0.3) is 11.5 Å². The minimum absolute atomic E-state index is 0.0769. The summed E-state index contributed by atoms with van der Waals surface area (Å²) in [7, 11) is 1.44. The van der Waals surface area contributed by atoms with E-state index in [1.54, 1.807) is 13.8 Å². The summed E-state index contributed by atoms with van der Waals surface area (Å²) in [5, 5.41) is 7.19. The summed E-state index contributed by atoms with van der Waals surface area (Å²) in [6.45, 7) is 5.07. The molecule has 0 fully saturated rings. The van der Waals surface area contributed by atoms with Crippen LogP contribution in [0.2, 0.25) is 0 Å². The number of pyridine rings is 1. The Morgan fingerprint density at radius 3 is 2.33 bits per heavy atom. The zero-order chi connectivity index (χ0) is 24.0. The smallest absolute Gasteiger partial charge is 0.259 e. The molecule has 0 aliphatic rings. The van der Waals surface area contributed by atoms with Gasteiger partial charge in [-0.25, -0.2) is 17.9 Å². The SMILES string of the molecule is Cc1c(F)cc(C(=O)NC(C)C)cc1-c1cc2cnn(-c3c(F)cccc3F)c2n(C)c1=O. The van der Waals surface area contributed by atoms with E-state index in [2.05, 4.69) is 10.4 Å². The van der Waals surface area contributed by atoms with E-state index in [4.69, 9.17) is 0 Å². The molecule has 0 bridgehead atoms. The van der Waals surface area contributed by atoms with Gasteiger partial charge in [0.15, 0.2) is 11.6 Å². The maximum absolute atomic E-state index is 14.7. The van der Waals surface area contributed by atoms with Crippen LogP contribution in [0.3, 0.4) is 0 Å². The number of halogens is 3. The highest BCUT2D eigenvalue weighted by molar-refractivity contribution is 5.96. The molecule has 0 saturated carbocycles. The van der Waals surface area contributed by atoms with Crippen LogP contribution in [-0.4, -0.2) is 26.3 Å². The average molecular weight is 454 g/mol. The second-order valence-electron chi connectivity index (χ2n) is 8.09. The lowest BCUT2D eigenvalue weighted by Crippen LogP contribution is -2.30. The first-order valence-corrected chi connectivity index (χ1v) is 10.2. The third-order valence-electron chi connectivity index (χ3n) is 5.39. The number of aromatic nitrogens is 3. The number of para-hydroxylation sites is 1. The van der Waals surface area contributed by atoms with Crippen LogP contribution in [0.5, 0.6) is 0 Å². The molecular weight excluding hydrogens is 433 g/mol. The van der Waals surface area contributed by atoms with Gasteiger partial charge in [-0.3, -0.25) is 14.2 Å². The van der Waals surface area contributed by atoms with Crippen molar-refractivity contribution < 1.29 is 18.0 Å². The number of rotatable bonds is 4. The first-order chi connectivity index (χ1) is 15.6. The molecular formula is C24H21F3N4O2. The van der Waals surface area contributed by atoms with Crippen molar-refractivity contribution in [3.63, 3.8) is 0 Å². The molecule has 0 aliphatic carbocycles. The second-order valence-corrected chi connectivity index (χ2v) is 8.09. The summed E-state index contributed by atoms with van der Waals surface area (Å²) < 4.78 is 45.6. The zero-order valence-electron chi connectivity index (χ0n) is 18.4. The molecule has 2 heterocycles. The molecule has 6 nitrogen and oxygen atoms in total. The lowest BCUT2D eigenvalue weighted by Gasteiger charge is -2.14. The van der Waals surface area contributed by atoms with E-state index in [9.17, 15) is 22.8 Å². The predicted molar refractivity (Wildman–Crippen MR) is 119 cm³/mol. The largest absolute Gasteiger partial charge is 0.350 e. The number of nitrogens with one attached hydrogen (secondary N) is 1. The molecule has 0 saturated heterocycles. The first-order valence-electron chi connectivity index (χ1n) is 10.2. The topological polar surface area (TPSA) is 68.9 Å². The number of aryl methyl sites for hydroxylation is 1. The number of carbonyl (C=O) groups is 1. The summed E-state index contributed by atoms with van der Waals surface area (Å²) in [5.74, 6) is -2.77. The summed E-state index contributed by atoms with van der Waals surface area (Å²) in [6.07, 6.45) is 1.37. The van der Waals surface area contributed by atoms with Gasteiger partial charge in [0.1, 0.15) is 17.2 Å². The number of nitrogens with zero attached hydrogens (tertiary/aromatic N) is 3. The maximum Gasteiger partial charge on any atom is 0.259 e. The molecule has 4 aromatic rings. The van der Waals surface area contributed by atoms with Crippen LogP contribution in [0.1, 0.15) is 29.8 Å². The standard InChI is InChI=1S/C24H21F3N4O2/c1-12(2)29-22(32)14-8-16(13(3)20(27)10-14)17-9-15-11-28-31(23(15)30(4)24(17)33)21-18(25)6-5-7-19(21)26/h5-12H,1-4H3,(H,29,32). The molecule has 1 amide bonds. The second kappa shape index (κ2) is 8.23. The van der Waals surface area contributed by atoms with Crippen LogP contribution in [-0.2, 0) is 7.05 Å². The highest BCUT2D eigenvalue weighted by atomic mass is 19.1. The van der Waals surface area contributed by atoms with Gasteiger partial charge in [-0.2, -0.15) is 5.10 Å². The Morgan fingerprint density at radius 2 is 1.70 bits per heavy atom. The zero-order valence-corrected chi connectivity index (χ0v) is 18.4. The predicted octanol–water partition coefficient (Wildman–Crippen LogP) is 4.26. The minimum atomic E-state index is -0.835. The quantitative estimate of drug-likeness (QED) is 0.501. The van der Waals surface area contributed by atoms with Crippen molar-refractivity contribution in [2.45, 2.75) is 26.8 Å². The number of hydrogen-bond acceptors (Lipinski definition) is 3. The molecule has 2 aromatic heterocycles. The highest BCUT2D eigenvalue weighted by Gasteiger charge is 2.21. The van der Waals surface area contributed by atoms with Crippen LogP contribution in [0.15, 0.2) is 47.4 Å². The van der Waals surface area contributed by atoms with E-state index in [-0.39, 0.29) is 33.9 Å². The Kier molecular flexibility index (Phi) is 5.57. The van der Waals surface area contributed by atoms with E-state index in [1.807, 2.05) is 0 Å². The van der Waals surface area contributed by atoms with Gasteiger partial charge in [0.2, 0.25) is 0 Å². The van der Waals surface area contributed by atoms with Crippen molar-refractivity contribution in [3.8, 4) is 16.8 Å². The van der Waals surface area contributed by atoms with Gasteiger partial charge < -0.3 is 5.32 Å². The molecule has 0 atom stereocenters. The molecule has 9 heteroatoms. The van der Waals surface area contributed by atoms with E-state index >= 15 is 0 Å². The monoisotopic (exact) mass is 454 g/mol. The maximum atomic E-state index is 14.7. The van der Waals surface area contributed by atoms with E-state index in [0.717, 1.165) is 22.9 Å². The fraction of sp³-hybridized carbons (Fsp3) is 0.208. The summed E-state index contributed by atoms with van der Waals surface area (Å²) in [4.78, 5) is 25.7. The fourth-order valence-electron chi connectivity index (χ4n) is 3.77. The van der Waals surface area contributed by atoms with Gasteiger partial charge in [-0.1, -0.05) is 6.07 Å². The van der Waals surface area contributed by atoms with E-state index in [1.165, 1.54) is 42.9 Å². The molecule has 2 aromatic carbocycles. The van der Waals surface area contributed by atoms with Gasteiger partial charge in [0, 0.05) is 29.6 Å². The van der Waals surface area contributed by atoms with Crippen molar-refractivity contribution in [3.05, 3.63) is 81.5 Å². The molecule has 170 valence electrons.